The van der Waals surface area contributed by atoms with Gasteiger partial charge in [-0.2, -0.15) is 5.26 Å². The monoisotopic (exact) mass is 309 g/mol. The number of aryl methyl sites for hydroxylation is 1. The van der Waals surface area contributed by atoms with E-state index < -0.39 is 9.84 Å². The Morgan fingerprint density at radius 1 is 1.30 bits per heavy atom. The first-order valence-corrected chi connectivity index (χ1v) is 8.31. The fourth-order valence-corrected chi connectivity index (χ4v) is 3.88. The third kappa shape index (κ3) is 3.59. The maximum Gasteiger partial charge on any atom is 0.276 e. The molecule has 0 unspecified atom stereocenters. The Balaban J connectivity index is 1.98. The third-order valence-electron chi connectivity index (χ3n) is 2.43. The van der Waals surface area contributed by atoms with Crippen molar-refractivity contribution in [3.05, 3.63) is 35.7 Å². The molecule has 0 bridgehead atoms. The number of nitriles is 1. The largest absolute Gasteiger partial charge is 0.416 e. The highest BCUT2D eigenvalue weighted by atomic mass is 32.2. The zero-order chi connectivity index (χ0) is 14.6. The van der Waals surface area contributed by atoms with Gasteiger partial charge in [-0.1, -0.05) is 11.8 Å². The summed E-state index contributed by atoms with van der Waals surface area (Å²) in [6, 6.07) is 7.80. The van der Waals surface area contributed by atoms with Crippen LogP contribution in [0.25, 0.3) is 0 Å². The molecule has 0 radical (unpaired) electrons. The Morgan fingerprint density at radius 2 is 2.00 bits per heavy atom. The molecule has 8 heteroatoms. The van der Waals surface area contributed by atoms with Crippen molar-refractivity contribution in [1.82, 2.24) is 10.2 Å². The summed E-state index contributed by atoms with van der Waals surface area (Å²) in [6.45, 7) is 1.67. The molecular formula is C12H11N3O3S2. The van der Waals surface area contributed by atoms with Crippen LogP contribution in [0.3, 0.4) is 0 Å². The van der Waals surface area contributed by atoms with Crippen molar-refractivity contribution >= 4 is 21.6 Å². The number of benzene rings is 1. The van der Waals surface area contributed by atoms with Gasteiger partial charge in [0, 0.05) is 12.7 Å². The third-order valence-corrected chi connectivity index (χ3v) is 5.24. The van der Waals surface area contributed by atoms with Crippen molar-refractivity contribution in [2.45, 2.75) is 17.0 Å². The van der Waals surface area contributed by atoms with Crippen LogP contribution < -0.4 is 0 Å². The predicted molar refractivity (Wildman–Crippen MR) is 73.0 cm³/mol. The second-order valence-electron chi connectivity index (χ2n) is 3.89. The van der Waals surface area contributed by atoms with E-state index in [4.69, 9.17) is 9.68 Å². The van der Waals surface area contributed by atoms with Crippen LogP contribution in [0, 0.1) is 18.3 Å². The van der Waals surface area contributed by atoms with Crippen molar-refractivity contribution in [2.24, 2.45) is 0 Å². The maximum atomic E-state index is 12.1. The summed E-state index contributed by atoms with van der Waals surface area (Å²) in [5.41, 5.74) is 0.430. The fourth-order valence-electron chi connectivity index (χ4n) is 1.43. The second kappa shape index (κ2) is 6.07. The molecule has 104 valence electrons. The minimum absolute atomic E-state index is 0.0367. The molecule has 0 aliphatic rings. The lowest BCUT2D eigenvalue weighted by Crippen LogP contribution is -2.08. The van der Waals surface area contributed by atoms with E-state index in [0.717, 1.165) is 0 Å². The van der Waals surface area contributed by atoms with E-state index in [1.54, 1.807) is 6.92 Å². The van der Waals surface area contributed by atoms with Crippen LogP contribution in [0.4, 0.5) is 0 Å². The summed E-state index contributed by atoms with van der Waals surface area (Å²) in [5.74, 6) is 0.733. The van der Waals surface area contributed by atoms with E-state index in [2.05, 4.69) is 10.2 Å². The van der Waals surface area contributed by atoms with Crippen LogP contribution in [-0.2, 0) is 9.84 Å². The lowest BCUT2D eigenvalue weighted by atomic mass is 10.2. The van der Waals surface area contributed by atoms with Gasteiger partial charge in [-0.25, -0.2) is 8.42 Å². The first kappa shape index (κ1) is 14.6. The zero-order valence-electron chi connectivity index (χ0n) is 10.6. The molecule has 6 nitrogen and oxygen atoms in total. The van der Waals surface area contributed by atoms with Crippen LogP contribution in [0.2, 0.25) is 0 Å². The number of hydrogen-bond donors (Lipinski definition) is 0. The molecule has 0 aliphatic heterocycles. The van der Waals surface area contributed by atoms with E-state index in [1.165, 1.54) is 36.0 Å². The van der Waals surface area contributed by atoms with E-state index in [1.807, 2.05) is 6.07 Å². The van der Waals surface area contributed by atoms with Gasteiger partial charge in [0.25, 0.3) is 5.22 Å². The molecule has 1 heterocycles. The molecule has 2 aromatic rings. The van der Waals surface area contributed by atoms with Gasteiger partial charge in [-0.15, -0.1) is 10.2 Å². The molecule has 0 amide bonds. The highest BCUT2D eigenvalue weighted by Gasteiger charge is 2.15. The van der Waals surface area contributed by atoms with E-state index in [0.29, 0.717) is 22.4 Å². The predicted octanol–water partition coefficient (Wildman–Crippen LogP) is 1.82. The first-order chi connectivity index (χ1) is 9.51. The van der Waals surface area contributed by atoms with E-state index in [-0.39, 0.29) is 10.6 Å². The van der Waals surface area contributed by atoms with Gasteiger partial charge in [0.05, 0.1) is 22.3 Å². The molecule has 0 aliphatic carbocycles. The van der Waals surface area contributed by atoms with Gasteiger partial charge in [0.2, 0.25) is 5.89 Å². The Kier molecular flexibility index (Phi) is 4.42. The van der Waals surface area contributed by atoms with Crippen molar-refractivity contribution in [1.29, 1.82) is 5.26 Å². The smallest absolute Gasteiger partial charge is 0.276 e. The summed E-state index contributed by atoms with van der Waals surface area (Å²) in [4.78, 5) is 0.207. The number of nitrogens with zero attached hydrogens (tertiary/aromatic N) is 3. The summed E-state index contributed by atoms with van der Waals surface area (Å²) in [5, 5.41) is 16.5. The first-order valence-electron chi connectivity index (χ1n) is 5.67. The molecule has 2 rings (SSSR count). The topological polar surface area (TPSA) is 96.9 Å². The van der Waals surface area contributed by atoms with Crippen LogP contribution in [-0.4, -0.2) is 30.1 Å². The molecule has 20 heavy (non-hydrogen) atoms. The number of thioether (sulfide) groups is 1. The van der Waals surface area contributed by atoms with Gasteiger partial charge in [-0.05, 0) is 24.3 Å². The Labute approximate surface area is 120 Å². The molecule has 0 saturated heterocycles. The van der Waals surface area contributed by atoms with E-state index in [9.17, 15) is 8.42 Å². The zero-order valence-corrected chi connectivity index (χ0v) is 12.2. The van der Waals surface area contributed by atoms with Gasteiger partial charge in [0.1, 0.15) is 0 Å². The van der Waals surface area contributed by atoms with Gasteiger partial charge < -0.3 is 4.42 Å². The van der Waals surface area contributed by atoms with Gasteiger partial charge >= 0.3 is 0 Å². The summed E-state index contributed by atoms with van der Waals surface area (Å²) in [7, 11) is -3.37. The van der Waals surface area contributed by atoms with Crippen LogP contribution >= 0.6 is 11.8 Å². The molecule has 0 N–H and O–H groups in total. The number of aromatic nitrogens is 2. The summed E-state index contributed by atoms with van der Waals surface area (Å²) < 4.78 is 29.3. The van der Waals surface area contributed by atoms with Crippen LogP contribution in [0.1, 0.15) is 11.5 Å². The molecule has 1 aromatic carbocycles. The minimum Gasteiger partial charge on any atom is -0.416 e. The maximum absolute atomic E-state index is 12.1. The highest BCUT2D eigenvalue weighted by Crippen LogP contribution is 2.18. The molecule has 0 saturated carbocycles. The fraction of sp³-hybridized carbons (Fsp3) is 0.250. The summed E-state index contributed by atoms with van der Waals surface area (Å²) >= 11 is 1.20. The minimum atomic E-state index is -3.37. The van der Waals surface area contributed by atoms with Crippen LogP contribution in [0.5, 0.6) is 0 Å². The van der Waals surface area contributed by atoms with Crippen molar-refractivity contribution in [3.63, 3.8) is 0 Å². The number of sulfone groups is 1. The van der Waals surface area contributed by atoms with Gasteiger partial charge in [0.15, 0.2) is 9.84 Å². The lowest BCUT2D eigenvalue weighted by Gasteiger charge is -2.03. The van der Waals surface area contributed by atoms with Gasteiger partial charge in [-0.3, -0.25) is 0 Å². The molecule has 0 spiro atoms. The average Bonchev–Trinajstić information content (AvgIpc) is 2.84. The van der Waals surface area contributed by atoms with Crippen LogP contribution in [0.15, 0.2) is 38.8 Å². The number of rotatable bonds is 5. The number of hydrogen-bond acceptors (Lipinski definition) is 7. The quantitative estimate of drug-likeness (QED) is 0.777. The summed E-state index contributed by atoms with van der Waals surface area (Å²) in [6.07, 6.45) is 0. The Hall–Kier alpha value is -1.85. The molecule has 0 fully saturated rings. The average molecular weight is 309 g/mol. The van der Waals surface area contributed by atoms with E-state index >= 15 is 0 Å². The van der Waals surface area contributed by atoms with Crippen molar-refractivity contribution in [2.75, 3.05) is 11.5 Å². The molecule has 0 atom stereocenters. The lowest BCUT2D eigenvalue weighted by molar-refractivity contribution is 0.429. The molecular weight excluding hydrogens is 298 g/mol. The Bertz CT molecular complexity index is 730. The highest BCUT2D eigenvalue weighted by molar-refractivity contribution is 8.00. The molecule has 1 aromatic heterocycles. The van der Waals surface area contributed by atoms with Crippen molar-refractivity contribution < 1.29 is 12.8 Å². The Morgan fingerprint density at radius 3 is 2.55 bits per heavy atom. The second-order valence-corrected chi connectivity index (χ2v) is 7.05. The normalized spacial score (nSPS) is 11.2. The van der Waals surface area contributed by atoms with Crippen molar-refractivity contribution in [3.8, 4) is 6.07 Å². The standard InChI is InChI=1S/C12H11N3O3S2/c1-9-14-15-12(18-9)19-6-7-20(16,17)11-4-2-10(8-13)3-5-11/h2-5H,6-7H2,1H3. The SMILES string of the molecule is Cc1nnc(SCCS(=O)(=O)c2ccc(C#N)cc2)o1.